The lowest BCUT2D eigenvalue weighted by Gasteiger charge is -2.60. The van der Waals surface area contributed by atoms with E-state index in [1.807, 2.05) is 0 Å². The molecule has 3 rings (SSSR count). The molecule has 0 aromatic rings. The molecule has 0 bridgehead atoms. The van der Waals surface area contributed by atoms with Crippen LogP contribution in [0.15, 0.2) is 11.6 Å². The second-order valence-electron chi connectivity index (χ2n) is 7.39. The van der Waals surface area contributed by atoms with E-state index >= 15 is 0 Å². The number of ether oxygens (including phenoxy) is 2. The lowest BCUT2D eigenvalue weighted by molar-refractivity contribution is -0.0931. The van der Waals surface area contributed by atoms with Crippen LogP contribution in [0, 0.1) is 10.8 Å². The summed E-state index contributed by atoms with van der Waals surface area (Å²) in [7, 11) is 1.78. The molecule has 1 N–H and O–H groups in total. The van der Waals surface area contributed by atoms with Crippen molar-refractivity contribution in [1.82, 2.24) is 5.32 Å². The number of methoxy groups -OCH3 is 1. The zero-order valence-electron chi connectivity index (χ0n) is 13.6. The molecule has 1 saturated carbocycles. The van der Waals surface area contributed by atoms with E-state index in [4.69, 9.17) is 9.47 Å². The maximum atomic E-state index is 5.58. The summed E-state index contributed by atoms with van der Waals surface area (Å²) in [5, 5.41) is 3.65. The molecule has 1 aliphatic heterocycles. The largest absolute Gasteiger partial charge is 0.383 e. The van der Waals surface area contributed by atoms with Crippen LogP contribution in [0.3, 0.4) is 0 Å². The van der Waals surface area contributed by atoms with E-state index in [0.717, 1.165) is 32.9 Å². The first kappa shape index (κ1) is 15.5. The van der Waals surface area contributed by atoms with Gasteiger partial charge in [0.1, 0.15) is 0 Å². The Labute approximate surface area is 129 Å². The molecule has 1 spiro atoms. The van der Waals surface area contributed by atoms with Crippen molar-refractivity contribution < 1.29 is 9.47 Å². The van der Waals surface area contributed by atoms with Crippen molar-refractivity contribution in [3.63, 3.8) is 0 Å². The molecule has 2 aliphatic carbocycles. The average molecular weight is 293 g/mol. The molecule has 0 unspecified atom stereocenters. The molecule has 120 valence electrons. The molecule has 0 radical (unpaired) electrons. The van der Waals surface area contributed by atoms with Gasteiger partial charge in [-0.05, 0) is 56.8 Å². The third-order valence-corrected chi connectivity index (χ3v) is 5.90. The van der Waals surface area contributed by atoms with E-state index < -0.39 is 0 Å². The van der Waals surface area contributed by atoms with Crippen molar-refractivity contribution in [2.24, 2.45) is 10.8 Å². The minimum atomic E-state index is 0.450. The zero-order valence-corrected chi connectivity index (χ0v) is 13.6. The third-order valence-electron chi connectivity index (χ3n) is 5.90. The van der Waals surface area contributed by atoms with E-state index in [1.54, 1.807) is 12.7 Å². The monoisotopic (exact) mass is 293 g/mol. The van der Waals surface area contributed by atoms with Gasteiger partial charge < -0.3 is 14.8 Å². The first-order valence-electron chi connectivity index (χ1n) is 8.76. The molecule has 0 atom stereocenters. The van der Waals surface area contributed by atoms with Gasteiger partial charge >= 0.3 is 0 Å². The Morgan fingerprint density at radius 1 is 1.24 bits per heavy atom. The number of rotatable bonds is 6. The van der Waals surface area contributed by atoms with Crippen LogP contribution < -0.4 is 5.32 Å². The summed E-state index contributed by atoms with van der Waals surface area (Å²) in [5.41, 5.74) is 2.81. The van der Waals surface area contributed by atoms with Crippen LogP contribution >= 0.6 is 0 Å². The Bertz CT molecular complexity index is 363. The molecular weight excluding hydrogens is 262 g/mol. The van der Waals surface area contributed by atoms with E-state index in [2.05, 4.69) is 11.4 Å². The highest BCUT2D eigenvalue weighted by Crippen LogP contribution is 2.63. The Morgan fingerprint density at radius 3 is 2.71 bits per heavy atom. The van der Waals surface area contributed by atoms with Crippen LogP contribution in [-0.4, -0.2) is 40.0 Å². The van der Waals surface area contributed by atoms with Crippen LogP contribution in [0.4, 0.5) is 0 Å². The second-order valence-corrected chi connectivity index (χ2v) is 7.39. The molecule has 3 heteroatoms. The van der Waals surface area contributed by atoms with Crippen LogP contribution in [0.1, 0.15) is 51.4 Å². The Balaban J connectivity index is 1.63. The van der Waals surface area contributed by atoms with E-state index in [0.29, 0.717) is 10.8 Å². The average Bonchev–Trinajstić information content (AvgIpc) is 2.51. The summed E-state index contributed by atoms with van der Waals surface area (Å²) in [6.45, 7) is 4.89. The Kier molecular flexibility index (Phi) is 5.03. The van der Waals surface area contributed by atoms with Crippen molar-refractivity contribution in [3.8, 4) is 0 Å². The van der Waals surface area contributed by atoms with Crippen LogP contribution in [0.25, 0.3) is 0 Å². The molecule has 2 fully saturated rings. The molecule has 3 nitrogen and oxygen atoms in total. The summed E-state index contributed by atoms with van der Waals surface area (Å²) in [6, 6.07) is 0. The normalized spacial score (nSPS) is 27.2. The van der Waals surface area contributed by atoms with Gasteiger partial charge in [-0.3, -0.25) is 0 Å². The fourth-order valence-electron chi connectivity index (χ4n) is 4.83. The highest BCUT2D eigenvalue weighted by molar-refractivity contribution is 5.25. The van der Waals surface area contributed by atoms with Gasteiger partial charge in [0.15, 0.2) is 0 Å². The van der Waals surface area contributed by atoms with Crippen LogP contribution in [0.5, 0.6) is 0 Å². The maximum Gasteiger partial charge on any atom is 0.0587 e. The number of allylic oxidation sites excluding steroid dienone is 1. The lowest BCUT2D eigenvalue weighted by Crippen LogP contribution is -2.55. The fraction of sp³-hybridized carbons (Fsp3) is 0.889. The summed E-state index contributed by atoms with van der Waals surface area (Å²) >= 11 is 0. The first-order valence-corrected chi connectivity index (χ1v) is 8.76. The van der Waals surface area contributed by atoms with Crippen molar-refractivity contribution in [1.29, 1.82) is 0 Å². The summed E-state index contributed by atoms with van der Waals surface area (Å²) in [5.74, 6) is 0. The SMILES string of the molecule is COCCNCC1(C2=CCCCC2)CC2(CCOCC2)C1. The molecule has 1 heterocycles. The predicted octanol–water partition coefficient (Wildman–Crippen LogP) is 3.30. The summed E-state index contributed by atoms with van der Waals surface area (Å²) < 4.78 is 10.8. The smallest absolute Gasteiger partial charge is 0.0587 e. The molecule has 0 amide bonds. The molecule has 3 aliphatic rings. The number of nitrogens with one attached hydrogen (secondary N) is 1. The van der Waals surface area contributed by atoms with Gasteiger partial charge in [0, 0.05) is 38.8 Å². The van der Waals surface area contributed by atoms with Gasteiger partial charge in [0.2, 0.25) is 0 Å². The number of hydrogen-bond donors (Lipinski definition) is 1. The minimum Gasteiger partial charge on any atom is -0.383 e. The van der Waals surface area contributed by atoms with E-state index in [1.165, 1.54) is 51.4 Å². The lowest BCUT2D eigenvalue weighted by atomic mass is 9.47. The zero-order chi connectivity index (χ0) is 14.6. The predicted molar refractivity (Wildman–Crippen MR) is 85.4 cm³/mol. The molecule has 1 saturated heterocycles. The highest BCUT2D eigenvalue weighted by Gasteiger charge is 2.55. The van der Waals surface area contributed by atoms with Crippen LogP contribution in [0.2, 0.25) is 0 Å². The molecule has 21 heavy (non-hydrogen) atoms. The maximum absolute atomic E-state index is 5.58. The quantitative estimate of drug-likeness (QED) is 0.602. The molecular formula is C18H31NO2. The van der Waals surface area contributed by atoms with Crippen molar-refractivity contribution >= 4 is 0 Å². The topological polar surface area (TPSA) is 30.5 Å². The third kappa shape index (κ3) is 3.35. The van der Waals surface area contributed by atoms with Gasteiger partial charge in [-0.25, -0.2) is 0 Å². The Morgan fingerprint density at radius 2 is 2.05 bits per heavy atom. The van der Waals surface area contributed by atoms with Gasteiger partial charge in [-0.2, -0.15) is 0 Å². The molecule has 0 aromatic heterocycles. The first-order chi connectivity index (χ1) is 10.3. The van der Waals surface area contributed by atoms with E-state index in [-0.39, 0.29) is 0 Å². The fourth-order valence-corrected chi connectivity index (χ4v) is 4.83. The summed E-state index contributed by atoms with van der Waals surface area (Å²) in [4.78, 5) is 0. The van der Waals surface area contributed by atoms with Crippen LogP contribution in [-0.2, 0) is 9.47 Å². The van der Waals surface area contributed by atoms with Gasteiger partial charge in [0.05, 0.1) is 6.61 Å². The van der Waals surface area contributed by atoms with E-state index in [9.17, 15) is 0 Å². The van der Waals surface area contributed by atoms with Gasteiger partial charge in [-0.1, -0.05) is 11.6 Å². The van der Waals surface area contributed by atoms with Gasteiger partial charge in [0.25, 0.3) is 0 Å². The Hall–Kier alpha value is -0.380. The van der Waals surface area contributed by atoms with Crippen molar-refractivity contribution in [2.75, 3.05) is 40.0 Å². The minimum absolute atomic E-state index is 0.450. The number of hydrogen-bond acceptors (Lipinski definition) is 3. The van der Waals surface area contributed by atoms with Crippen molar-refractivity contribution in [3.05, 3.63) is 11.6 Å². The summed E-state index contributed by atoms with van der Waals surface area (Å²) in [6.07, 6.45) is 13.3. The van der Waals surface area contributed by atoms with Crippen molar-refractivity contribution in [2.45, 2.75) is 51.4 Å². The highest BCUT2D eigenvalue weighted by atomic mass is 16.5. The molecule has 0 aromatic carbocycles. The second kappa shape index (κ2) is 6.80. The standard InChI is InChI=1S/C18H31NO2/c1-20-12-9-19-15-18(16-5-3-2-4-6-16)13-17(14-18)7-10-21-11-8-17/h5,19H,2-4,6-15H2,1H3. The van der Waals surface area contributed by atoms with Gasteiger partial charge in [-0.15, -0.1) is 0 Å².